The van der Waals surface area contributed by atoms with Crippen molar-refractivity contribution >= 4 is 49.3 Å². The van der Waals surface area contributed by atoms with Crippen molar-refractivity contribution in [3.63, 3.8) is 0 Å². The number of aromatic nitrogens is 1. The van der Waals surface area contributed by atoms with Crippen LogP contribution in [0.2, 0.25) is 0 Å². The normalized spacial score (nSPS) is 16.6. The molecule has 0 saturated carbocycles. The van der Waals surface area contributed by atoms with E-state index in [1.54, 1.807) is 0 Å². The number of hydrogen-bond acceptors (Lipinski definition) is 2. The molecule has 1 aliphatic heterocycles. The van der Waals surface area contributed by atoms with Gasteiger partial charge in [-0.1, -0.05) is 133 Å². The first-order valence-electron chi connectivity index (χ1n) is 17.0. The average molecular weight is 625 g/mol. The Morgan fingerprint density at radius 3 is 2.02 bits per heavy atom. The van der Waals surface area contributed by atoms with E-state index in [1.165, 1.54) is 82.6 Å². The van der Waals surface area contributed by atoms with E-state index in [9.17, 15) is 0 Å². The number of pyridine rings is 1. The standard InChI is InChI=1S/C47H32N2/c1-2-9-38(10-3-1)49-46-30-35(19-22-43(46)44-23-20-37-28-34(18-21-40(37)47(44)49)32-24-26-48-27-25-32)31-14-16-33(17-15-31)45-29-36-8-4-5-11-39(36)41-12-6-7-13-42(41)45/h1-30,43,46H. The monoisotopic (exact) mass is 624 g/mol. The zero-order valence-corrected chi connectivity index (χ0v) is 26.9. The van der Waals surface area contributed by atoms with Crippen LogP contribution >= 0.6 is 0 Å². The predicted molar refractivity (Wildman–Crippen MR) is 206 cm³/mol. The highest BCUT2D eigenvalue weighted by Gasteiger charge is 2.39. The number of benzene rings is 7. The van der Waals surface area contributed by atoms with Crippen LogP contribution in [0, 0.1) is 0 Å². The van der Waals surface area contributed by atoms with E-state index in [-0.39, 0.29) is 12.0 Å². The van der Waals surface area contributed by atoms with Gasteiger partial charge in [0.15, 0.2) is 0 Å². The molecule has 2 unspecified atom stereocenters. The van der Waals surface area contributed by atoms with Crippen molar-refractivity contribution < 1.29 is 0 Å². The third kappa shape index (κ3) is 4.52. The topological polar surface area (TPSA) is 16.1 Å². The maximum Gasteiger partial charge on any atom is 0.0635 e. The van der Waals surface area contributed by atoms with Gasteiger partial charge in [-0.3, -0.25) is 4.98 Å². The van der Waals surface area contributed by atoms with E-state index in [4.69, 9.17) is 0 Å². The van der Waals surface area contributed by atoms with Crippen molar-refractivity contribution in [3.8, 4) is 22.3 Å². The van der Waals surface area contributed by atoms with Crippen molar-refractivity contribution in [2.24, 2.45) is 0 Å². The summed E-state index contributed by atoms with van der Waals surface area (Å²) in [5, 5.41) is 7.68. The second kappa shape index (κ2) is 11.2. The Balaban J connectivity index is 1.05. The molecule has 230 valence electrons. The first kappa shape index (κ1) is 27.8. The molecule has 0 saturated heterocycles. The summed E-state index contributed by atoms with van der Waals surface area (Å²) < 4.78 is 0. The molecule has 0 spiro atoms. The van der Waals surface area contributed by atoms with Crippen LogP contribution in [0.25, 0.3) is 60.1 Å². The number of nitrogens with zero attached hydrogens (tertiary/aromatic N) is 2. The molecule has 0 fully saturated rings. The Morgan fingerprint density at radius 1 is 0.490 bits per heavy atom. The fraction of sp³-hybridized carbons (Fsp3) is 0.0426. The van der Waals surface area contributed by atoms with Gasteiger partial charge < -0.3 is 4.90 Å². The number of allylic oxidation sites excluding steroid dienone is 2. The molecule has 0 amide bonds. The summed E-state index contributed by atoms with van der Waals surface area (Å²) in [4.78, 5) is 6.78. The molecular formula is C47H32N2. The van der Waals surface area contributed by atoms with E-state index < -0.39 is 0 Å². The minimum absolute atomic E-state index is 0.173. The lowest BCUT2D eigenvalue weighted by molar-refractivity contribution is 0.747. The number of rotatable bonds is 4. The van der Waals surface area contributed by atoms with Gasteiger partial charge in [0.2, 0.25) is 0 Å². The van der Waals surface area contributed by atoms with Crippen LogP contribution in [0.5, 0.6) is 0 Å². The Labute approximate surface area is 285 Å². The van der Waals surface area contributed by atoms with E-state index in [2.05, 4.69) is 180 Å². The van der Waals surface area contributed by atoms with Gasteiger partial charge in [0, 0.05) is 29.4 Å². The average Bonchev–Trinajstić information content (AvgIpc) is 3.52. The summed E-state index contributed by atoms with van der Waals surface area (Å²) in [5.74, 6) is 0.270. The van der Waals surface area contributed by atoms with Gasteiger partial charge >= 0.3 is 0 Å². The fourth-order valence-corrected chi connectivity index (χ4v) is 8.15. The Morgan fingerprint density at radius 2 is 1.18 bits per heavy atom. The second-order valence-corrected chi connectivity index (χ2v) is 13.1. The Bertz CT molecular complexity index is 2600. The summed E-state index contributed by atoms with van der Waals surface area (Å²) in [7, 11) is 0. The van der Waals surface area contributed by atoms with Gasteiger partial charge in [0.1, 0.15) is 0 Å². The van der Waals surface area contributed by atoms with Crippen LogP contribution in [0.15, 0.2) is 182 Å². The van der Waals surface area contributed by atoms with Crippen molar-refractivity contribution in [2.75, 3.05) is 4.90 Å². The first-order chi connectivity index (χ1) is 24.3. The quantitative estimate of drug-likeness (QED) is 0.181. The number of fused-ring (bicyclic) bond motifs is 8. The van der Waals surface area contributed by atoms with Crippen molar-refractivity contribution in [1.82, 2.24) is 4.98 Å². The third-order valence-electron chi connectivity index (χ3n) is 10.5. The van der Waals surface area contributed by atoms with Gasteiger partial charge in [-0.25, -0.2) is 0 Å². The molecule has 0 bridgehead atoms. The van der Waals surface area contributed by atoms with Crippen molar-refractivity contribution in [1.29, 1.82) is 0 Å². The van der Waals surface area contributed by atoms with Crippen LogP contribution < -0.4 is 4.90 Å². The van der Waals surface area contributed by atoms with Gasteiger partial charge in [0.25, 0.3) is 0 Å². The van der Waals surface area contributed by atoms with Crippen LogP contribution in [-0.4, -0.2) is 11.0 Å². The molecule has 2 heteroatoms. The van der Waals surface area contributed by atoms with Gasteiger partial charge in [-0.05, 0) is 102 Å². The highest BCUT2D eigenvalue weighted by molar-refractivity contribution is 6.13. The molecule has 0 radical (unpaired) electrons. The highest BCUT2D eigenvalue weighted by atomic mass is 15.2. The minimum atomic E-state index is 0.173. The molecule has 1 aromatic heterocycles. The lowest BCUT2D eigenvalue weighted by Gasteiger charge is -2.30. The molecule has 8 aromatic rings. The zero-order valence-electron chi connectivity index (χ0n) is 26.9. The van der Waals surface area contributed by atoms with Crippen LogP contribution in [0.4, 0.5) is 11.4 Å². The third-order valence-corrected chi connectivity index (χ3v) is 10.5. The van der Waals surface area contributed by atoms with Crippen LogP contribution in [0.3, 0.4) is 0 Å². The maximum atomic E-state index is 4.21. The molecule has 7 aromatic carbocycles. The minimum Gasteiger partial charge on any atom is -0.333 e. The van der Waals surface area contributed by atoms with Crippen molar-refractivity contribution in [2.45, 2.75) is 12.0 Å². The summed E-state index contributed by atoms with van der Waals surface area (Å²) >= 11 is 0. The highest BCUT2D eigenvalue weighted by Crippen LogP contribution is 2.52. The van der Waals surface area contributed by atoms with Crippen LogP contribution in [0.1, 0.15) is 17.0 Å². The molecule has 2 aliphatic rings. The van der Waals surface area contributed by atoms with Gasteiger partial charge in [0.05, 0.1) is 11.7 Å². The molecule has 2 heterocycles. The largest absolute Gasteiger partial charge is 0.333 e. The summed E-state index contributed by atoms with van der Waals surface area (Å²) in [6.45, 7) is 0. The molecule has 1 aliphatic carbocycles. The predicted octanol–water partition coefficient (Wildman–Crippen LogP) is 12.1. The van der Waals surface area contributed by atoms with Gasteiger partial charge in [-0.2, -0.15) is 0 Å². The Hall–Kier alpha value is -6.25. The number of hydrogen-bond donors (Lipinski definition) is 0. The molecule has 2 nitrogen and oxygen atoms in total. The van der Waals surface area contributed by atoms with E-state index in [0.29, 0.717) is 0 Å². The van der Waals surface area contributed by atoms with Crippen LogP contribution in [-0.2, 0) is 0 Å². The fourth-order valence-electron chi connectivity index (χ4n) is 8.15. The summed E-state index contributed by atoms with van der Waals surface area (Å²) in [6, 6.07) is 55.7. The molecule has 2 atom stereocenters. The number of anilines is 2. The zero-order chi connectivity index (χ0) is 32.3. The smallest absolute Gasteiger partial charge is 0.0635 e. The molecular weight excluding hydrogens is 593 g/mol. The lowest BCUT2D eigenvalue weighted by atomic mass is 9.86. The maximum absolute atomic E-state index is 4.21. The number of para-hydroxylation sites is 1. The molecule has 0 N–H and O–H groups in total. The van der Waals surface area contributed by atoms with Crippen molar-refractivity contribution in [3.05, 3.63) is 193 Å². The van der Waals surface area contributed by atoms with E-state index in [0.717, 1.165) is 0 Å². The van der Waals surface area contributed by atoms with E-state index in [1.807, 2.05) is 12.4 Å². The van der Waals surface area contributed by atoms with Gasteiger partial charge in [-0.15, -0.1) is 0 Å². The molecule has 49 heavy (non-hydrogen) atoms. The Kier molecular flexibility index (Phi) is 6.35. The lowest BCUT2D eigenvalue weighted by Crippen LogP contribution is -2.29. The summed E-state index contributed by atoms with van der Waals surface area (Å²) in [6.07, 6.45) is 11.0. The SMILES string of the molecule is C1=CC2c3ccc4cc(-c5ccncc5)ccc4c3N(c3ccccc3)C2C=C1c1ccc(-c2cc3ccccc3c3ccccc23)cc1. The molecule has 10 rings (SSSR count). The first-order valence-corrected chi connectivity index (χ1v) is 17.0. The second-order valence-electron chi connectivity index (χ2n) is 13.1. The summed E-state index contributed by atoms with van der Waals surface area (Å²) in [5.41, 5.74) is 11.3. The van der Waals surface area contributed by atoms with E-state index >= 15 is 0 Å².